The minimum absolute atomic E-state index is 0.126. The molecule has 1 N–H and O–H groups in total. The lowest BCUT2D eigenvalue weighted by Gasteiger charge is -2.42. The van der Waals surface area contributed by atoms with Crippen molar-refractivity contribution in [1.29, 1.82) is 0 Å². The standard InChI is InChI=1S/C16H18N2O2/c1-4-5-11-18-12(2)14(19)17-16(3,15(18)20)13-9-7-6-8-10-13/h6-10,12H,11H2,1-3H3,(H,17,19). The van der Waals surface area contributed by atoms with Crippen molar-refractivity contribution < 1.29 is 9.59 Å². The van der Waals surface area contributed by atoms with E-state index in [1.807, 2.05) is 30.3 Å². The average Bonchev–Trinajstić information content (AvgIpc) is 2.46. The lowest BCUT2D eigenvalue weighted by molar-refractivity contribution is -0.153. The summed E-state index contributed by atoms with van der Waals surface area (Å²) in [4.78, 5) is 26.4. The molecule has 0 bridgehead atoms. The van der Waals surface area contributed by atoms with Gasteiger partial charge in [-0.15, -0.1) is 5.92 Å². The fourth-order valence-corrected chi connectivity index (χ4v) is 2.35. The minimum atomic E-state index is -1.03. The Labute approximate surface area is 119 Å². The highest BCUT2D eigenvalue weighted by Crippen LogP contribution is 2.28. The Hall–Kier alpha value is -2.28. The molecule has 1 aliphatic heterocycles. The van der Waals surface area contributed by atoms with Crippen molar-refractivity contribution in [1.82, 2.24) is 10.2 Å². The molecule has 1 aromatic carbocycles. The third-order valence-corrected chi connectivity index (χ3v) is 3.69. The van der Waals surface area contributed by atoms with Crippen LogP contribution in [-0.4, -0.2) is 29.3 Å². The van der Waals surface area contributed by atoms with Crippen molar-refractivity contribution in [3.8, 4) is 11.8 Å². The average molecular weight is 270 g/mol. The maximum Gasteiger partial charge on any atom is 0.254 e. The molecule has 2 amide bonds. The number of nitrogens with one attached hydrogen (secondary N) is 1. The van der Waals surface area contributed by atoms with Gasteiger partial charge in [-0.25, -0.2) is 0 Å². The molecular weight excluding hydrogens is 252 g/mol. The first-order valence-electron chi connectivity index (χ1n) is 6.59. The molecule has 1 aliphatic rings. The molecule has 4 nitrogen and oxygen atoms in total. The van der Waals surface area contributed by atoms with Crippen LogP contribution in [0.15, 0.2) is 30.3 Å². The van der Waals surface area contributed by atoms with Crippen LogP contribution in [0.5, 0.6) is 0 Å². The molecule has 0 saturated carbocycles. The van der Waals surface area contributed by atoms with Crippen LogP contribution >= 0.6 is 0 Å². The van der Waals surface area contributed by atoms with Gasteiger partial charge in [-0.3, -0.25) is 9.59 Å². The van der Waals surface area contributed by atoms with Crippen molar-refractivity contribution in [3.05, 3.63) is 35.9 Å². The van der Waals surface area contributed by atoms with Gasteiger partial charge in [-0.2, -0.15) is 0 Å². The minimum Gasteiger partial charge on any atom is -0.336 e. The van der Waals surface area contributed by atoms with E-state index in [-0.39, 0.29) is 18.4 Å². The summed E-state index contributed by atoms with van der Waals surface area (Å²) in [5, 5.41) is 2.84. The largest absolute Gasteiger partial charge is 0.336 e. The molecular formula is C16H18N2O2. The molecule has 4 heteroatoms. The smallest absolute Gasteiger partial charge is 0.254 e. The van der Waals surface area contributed by atoms with E-state index in [1.54, 1.807) is 20.8 Å². The summed E-state index contributed by atoms with van der Waals surface area (Å²) in [6.45, 7) is 5.44. The monoisotopic (exact) mass is 270 g/mol. The molecule has 1 saturated heterocycles. The van der Waals surface area contributed by atoms with Gasteiger partial charge in [0.25, 0.3) is 5.91 Å². The molecule has 1 fully saturated rings. The van der Waals surface area contributed by atoms with E-state index in [9.17, 15) is 9.59 Å². The van der Waals surface area contributed by atoms with Gasteiger partial charge in [0.15, 0.2) is 0 Å². The summed E-state index contributed by atoms with van der Waals surface area (Å²) in [5.41, 5.74) is -0.250. The highest BCUT2D eigenvalue weighted by atomic mass is 16.2. The number of hydrogen-bond donors (Lipinski definition) is 1. The number of carbonyl (C=O) groups excluding carboxylic acids is 2. The molecule has 2 rings (SSSR count). The predicted octanol–water partition coefficient (Wildman–Crippen LogP) is 1.27. The topological polar surface area (TPSA) is 49.4 Å². The molecule has 104 valence electrons. The van der Waals surface area contributed by atoms with Gasteiger partial charge in [0.2, 0.25) is 5.91 Å². The van der Waals surface area contributed by atoms with E-state index in [4.69, 9.17) is 0 Å². The molecule has 0 aromatic heterocycles. The second kappa shape index (κ2) is 5.38. The summed E-state index contributed by atoms with van der Waals surface area (Å²) < 4.78 is 0. The molecule has 1 aromatic rings. The lowest BCUT2D eigenvalue weighted by atomic mass is 9.87. The zero-order valence-corrected chi connectivity index (χ0v) is 11.9. The summed E-state index contributed by atoms with van der Waals surface area (Å²) >= 11 is 0. The van der Waals surface area contributed by atoms with E-state index in [2.05, 4.69) is 17.2 Å². The van der Waals surface area contributed by atoms with Crippen LogP contribution in [0, 0.1) is 11.8 Å². The van der Waals surface area contributed by atoms with Gasteiger partial charge in [0, 0.05) is 0 Å². The first kappa shape index (κ1) is 14.1. The number of hydrogen-bond acceptors (Lipinski definition) is 2. The number of piperazine rings is 1. The van der Waals surface area contributed by atoms with Crippen molar-refractivity contribution >= 4 is 11.8 Å². The van der Waals surface area contributed by atoms with Gasteiger partial charge >= 0.3 is 0 Å². The van der Waals surface area contributed by atoms with Crippen LogP contribution < -0.4 is 5.32 Å². The molecule has 0 aliphatic carbocycles. The highest BCUT2D eigenvalue weighted by Gasteiger charge is 2.47. The SMILES string of the molecule is CC#CCN1C(=O)C(C)(c2ccccc2)NC(=O)C1C. The second-order valence-electron chi connectivity index (χ2n) is 5.02. The van der Waals surface area contributed by atoms with E-state index >= 15 is 0 Å². The number of rotatable bonds is 2. The Balaban J connectivity index is 2.41. The normalized spacial score (nSPS) is 25.8. The van der Waals surface area contributed by atoms with E-state index in [0.717, 1.165) is 5.56 Å². The number of amides is 2. The summed E-state index contributed by atoms with van der Waals surface area (Å²) in [6.07, 6.45) is 0. The molecule has 2 atom stereocenters. The Morgan fingerprint density at radius 2 is 1.95 bits per heavy atom. The zero-order valence-electron chi connectivity index (χ0n) is 11.9. The van der Waals surface area contributed by atoms with Crippen molar-refractivity contribution in [2.45, 2.75) is 32.4 Å². The van der Waals surface area contributed by atoms with Crippen molar-refractivity contribution in [2.75, 3.05) is 6.54 Å². The predicted molar refractivity (Wildman–Crippen MR) is 76.6 cm³/mol. The van der Waals surface area contributed by atoms with Gasteiger partial charge in [-0.1, -0.05) is 36.3 Å². The van der Waals surface area contributed by atoms with Crippen LogP contribution in [0.4, 0.5) is 0 Å². The first-order chi connectivity index (χ1) is 9.50. The summed E-state index contributed by atoms with van der Waals surface area (Å²) in [5.74, 6) is 5.34. The van der Waals surface area contributed by atoms with Crippen molar-refractivity contribution in [2.24, 2.45) is 0 Å². The van der Waals surface area contributed by atoms with Crippen molar-refractivity contribution in [3.63, 3.8) is 0 Å². The Morgan fingerprint density at radius 3 is 2.55 bits per heavy atom. The first-order valence-corrected chi connectivity index (χ1v) is 6.59. The number of nitrogens with zero attached hydrogens (tertiary/aromatic N) is 1. The summed E-state index contributed by atoms with van der Waals surface area (Å²) in [7, 11) is 0. The maximum absolute atomic E-state index is 12.8. The van der Waals surface area contributed by atoms with E-state index in [1.165, 1.54) is 4.90 Å². The fraction of sp³-hybridized carbons (Fsp3) is 0.375. The lowest BCUT2D eigenvalue weighted by Crippen LogP contribution is -2.66. The fourth-order valence-electron chi connectivity index (χ4n) is 2.35. The third-order valence-electron chi connectivity index (χ3n) is 3.69. The van der Waals surface area contributed by atoms with E-state index < -0.39 is 11.6 Å². The molecule has 0 radical (unpaired) electrons. The van der Waals surface area contributed by atoms with Gasteiger partial charge in [-0.05, 0) is 26.3 Å². The Bertz CT molecular complexity index is 585. The van der Waals surface area contributed by atoms with Crippen LogP contribution in [0.2, 0.25) is 0 Å². The second-order valence-corrected chi connectivity index (χ2v) is 5.02. The molecule has 2 unspecified atom stereocenters. The van der Waals surface area contributed by atoms with E-state index in [0.29, 0.717) is 0 Å². The van der Waals surface area contributed by atoms with Gasteiger partial charge < -0.3 is 10.2 Å². The zero-order chi connectivity index (χ0) is 14.8. The molecule has 20 heavy (non-hydrogen) atoms. The van der Waals surface area contributed by atoms with Crippen LogP contribution in [0.1, 0.15) is 26.3 Å². The number of carbonyl (C=O) groups is 2. The van der Waals surface area contributed by atoms with Gasteiger partial charge in [0.1, 0.15) is 11.6 Å². The van der Waals surface area contributed by atoms with Crippen LogP contribution in [0.3, 0.4) is 0 Å². The quantitative estimate of drug-likeness (QED) is 0.823. The Morgan fingerprint density at radius 1 is 1.30 bits per heavy atom. The number of benzene rings is 1. The van der Waals surface area contributed by atoms with Crippen LogP contribution in [-0.2, 0) is 15.1 Å². The van der Waals surface area contributed by atoms with Crippen LogP contribution in [0.25, 0.3) is 0 Å². The highest BCUT2D eigenvalue weighted by molar-refractivity contribution is 6.00. The summed E-state index contributed by atoms with van der Waals surface area (Å²) in [6, 6.07) is 8.78. The maximum atomic E-state index is 12.8. The third kappa shape index (κ3) is 2.27. The molecule has 0 spiro atoms. The Kier molecular flexibility index (Phi) is 3.80. The molecule has 1 heterocycles. The van der Waals surface area contributed by atoms with Gasteiger partial charge in [0.05, 0.1) is 6.54 Å².